The van der Waals surface area contributed by atoms with E-state index < -0.39 is 5.91 Å². The molecule has 0 fully saturated rings. The van der Waals surface area contributed by atoms with Gasteiger partial charge in [-0.15, -0.1) is 0 Å². The average molecular weight is 297 g/mol. The Morgan fingerprint density at radius 3 is 2.52 bits per heavy atom. The zero-order valence-electron chi connectivity index (χ0n) is 12.1. The van der Waals surface area contributed by atoms with E-state index in [0.717, 1.165) is 43.7 Å². The van der Waals surface area contributed by atoms with Gasteiger partial charge in [-0.3, -0.25) is 4.79 Å². The van der Waals surface area contributed by atoms with Gasteiger partial charge in [0.15, 0.2) is 0 Å². The van der Waals surface area contributed by atoms with Gasteiger partial charge in [-0.2, -0.15) is 0 Å². The van der Waals surface area contributed by atoms with E-state index in [4.69, 9.17) is 10.7 Å². The van der Waals surface area contributed by atoms with Gasteiger partial charge >= 0.3 is 0 Å². The molecule has 2 N–H and O–H groups in total. The summed E-state index contributed by atoms with van der Waals surface area (Å²) in [5.74, 6) is -0.446. The molecule has 4 heteroatoms. The lowest BCUT2D eigenvalue weighted by Crippen LogP contribution is -2.13. The molecule has 0 saturated heterocycles. The first-order chi connectivity index (χ1) is 11.2. The minimum atomic E-state index is -0.446. The summed E-state index contributed by atoms with van der Waals surface area (Å²) >= 11 is 0. The molecule has 0 bridgehead atoms. The zero-order chi connectivity index (χ0) is 15.6. The van der Waals surface area contributed by atoms with E-state index in [1.54, 1.807) is 12.1 Å². The molecule has 0 unspecified atom stereocenters. The summed E-state index contributed by atoms with van der Waals surface area (Å²) in [6.07, 6.45) is 0. The summed E-state index contributed by atoms with van der Waals surface area (Å²) in [6.45, 7) is 0. The second kappa shape index (κ2) is 4.14. The fourth-order valence-electron chi connectivity index (χ4n) is 3.40. The summed E-state index contributed by atoms with van der Waals surface area (Å²) in [5, 5.41) is 3.96. The smallest absolute Gasteiger partial charge is 0.249 e. The number of para-hydroxylation sites is 1. The SMILES string of the molecule is NC(=O)c1cccc2c1-c1c3c(ccc1=N2)=c1ccccc1=N3. The molecule has 2 heterocycles. The first-order valence-corrected chi connectivity index (χ1v) is 7.37. The highest BCUT2D eigenvalue weighted by Gasteiger charge is 2.24. The Morgan fingerprint density at radius 2 is 1.65 bits per heavy atom. The number of fused-ring (bicyclic) bond motifs is 6. The normalized spacial score (nSPS) is 12.5. The topological polar surface area (TPSA) is 67.8 Å². The maximum atomic E-state index is 11.8. The minimum absolute atomic E-state index is 0.446. The molecule has 23 heavy (non-hydrogen) atoms. The molecule has 3 aromatic carbocycles. The number of primary amides is 1. The Balaban J connectivity index is 1.99. The van der Waals surface area contributed by atoms with Crippen LogP contribution >= 0.6 is 0 Å². The molecule has 2 aliphatic heterocycles. The Labute approximate surface area is 131 Å². The van der Waals surface area contributed by atoms with Crippen molar-refractivity contribution >= 4 is 17.3 Å². The van der Waals surface area contributed by atoms with Crippen molar-refractivity contribution < 1.29 is 4.79 Å². The van der Waals surface area contributed by atoms with Gasteiger partial charge in [0, 0.05) is 27.1 Å². The van der Waals surface area contributed by atoms with Crippen molar-refractivity contribution in [3.05, 3.63) is 81.3 Å². The van der Waals surface area contributed by atoms with Crippen molar-refractivity contribution in [3.63, 3.8) is 0 Å². The van der Waals surface area contributed by atoms with Gasteiger partial charge in [-0.05, 0) is 30.3 Å². The Morgan fingerprint density at radius 1 is 0.783 bits per heavy atom. The zero-order valence-corrected chi connectivity index (χ0v) is 12.1. The van der Waals surface area contributed by atoms with E-state index in [0.29, 0.717) is 5.56 Å². The summed E-state index contributed by atoms with van der Waals surface area (Å²) < 4.78 is 0. The van der Waals surface area contributed by atoms with Crippen molar-refractivity contribution in [1.29, 1.82) is 0 Å². The summed E-state index contributed by atoms with van der Waals surface area (Å²) in [5.41, 5.74) is 9.40. The second-order valence-corrected chi connectivity index (χ2v) is 5.66. The molecule has 0 aromatic heterocycles. The van der Waals surface area contributed by atoms with Gasteiger partial charge in [-0.25, -0.2) is 9.98 Å². The van der Waals surface area contributed by atoms with Crippen LogP contribution in [0.15, 0.2) is 64.6 Å². The number of amides is 1. The molecule has 0 atom stereocenters. The van der Waals surface area contributed by atoms with Crippen LogP contribution < -0.4 is 16.4 Å². The predicted molar refractivity (Wildman–Crippen MR) is 86.1 cm³/mol. The molecular formula is C19H11N3O. The maximum absolute atomic E-state index is 11.8. The molecule has 3 aromatic rings. The molecular weight excluding hydrogens is 286 g/mol. The lowest BCUT2D eigenvalue weighted by Gasteiger charge is -2.07. The lowest BCUT2D eigenvalue weighted by molar-refractivity contribution is 0.100. The van der Waals surface area contributed by atoms with Crippen LogP contribution in [0.4, 0.5) is 11.4 Å². The van der Waals surface area contributed by atoms with Gasteiger partial charge in [-0.1, -0.05) is 24.3 Å². The molecule has 0 spiro atoms. The number of rotatable bonds is 1. The van der Waals surface area contributed by atoms with Crippen LogP contribution in [0.25, 0.3) is 11.1 Å². The standard InChI is InChI=1S/C19H11N3O/c20-19(23)12-5-3-7-14-16(12)17-15(21-14)9-8-11-10-4-1-2-6-13(10)22-18(11)17/h1-9H,(H2,20,23). The van der Waals surface area contributed by atoms with Crippen LogP contribution in [0.3, 0.4) is 0 Å². The van der Waals surface area contributed by atoms with Crippen LogP contribution in [-0.4, -0.2) is 5.91 Å². The fourth-order valence-corrected chi connectivity index (χ4v) is 3.40. The van der Waals surface area contributed by atoms with E-state index in [9.17, 15) is 4.79 Å². The highest BCUT2D eigenvalue weighted by Crippen LogP contribution is 2.41. The van der Waals surface area contributed by atoms with Gasteiger partial charge in [0.25, 0.3) is 0 Å². The van der Waals surface area contributed by atoms with Crippen molar-refractivity contribution in [3.8, 4) is 11.1 Å². The van der Waals surface area contributed by atoms with Crippen molar-refractivity contribution in [2.75, 3.05) is 0 Å². The largest absolute Gasteiger partial charge is 0.366 e. The van der Waals surface area contributed by atoms with E-state index >= 15 is 0 Å². The molecule has 2 aliphatic rings. The van der Waals surface area contributed by atoms with Crippen molar-refractivity contribution in [1.82, 2.24) is 0 Å². The van der Waals surface area contributed by atoms with Crippen LogP contribution in [-0.2, 0) is 0 Å². The average Bonchev–Trinajstić information content (AvgIpc) is 3.11. The third kappa shape index (κ3) is 1.52. The van der Waals surface area contributed by atoms with Crippen molar-refractivity contribution in [2.24, 2.45) is 15.7 Å². The van der Waals surface area contributed by atoms with E-state index in [1.807, 2.05) is 36.4 Å². The molecule has 0 saturated carbocycles. The predicted octanol–water partition coefficient (Wildman–Crippen LogP) is 2.27. The lowest BCUT2D eigenvalue weighted by atomic mass is 9.97. The molecule has 0 radical (unpaired) electrons. The number of hydrogen-bond acceptors (Lipinski definition) is 3. The third-order valence-electron chi connectivity index (χ3n) is 4.38. The quantitative estimate of drug-likeness (QED) is 0.506. The van der Waals surface area contributed by atoms with Crippen LogP contribution in [0.1, 0.15) is 10.4 Å². The van der Waals surface area contributed by atoms with Gasteiger partial charge in [0.2, 0.25) is 5.91 Å². The van der Waals surface area contributed by atoms with Gasteiger partial charge < -0.3 is 5.73 Å². The Hall–Kier alpha value is -3.27. The van der Waals surface area contributed by atoms with Crippen molar-refractivity contribution in [2.45, 2.75) is 0 Å². The van der Waals surface area contributed by atoms with Gasteiger partial charge in [0.05, 0.1) is 22.1 Å². The fraction of sp³-hybridized carbons (Fsp3) is 0. The first-order valence-electron chi connectivity index (χ1n) is 7.37. The number of nitrogens with two attached hydrogens (primary N) is 1. The number of nitrogens with zero attached hydrogens (tertiary/aromatic N) is 2. The number of benzene rings is 3. The maximum Gasteiger partial charge on any atom is 0.249 e. The van der Waals surface area contributed by atoms with Crippen LogP contribution in [0.2, 0.25) is 0 Å². The second-order valence-electron chi connectivity index (χ2n) is 5.66. The molecule has 1 amide bonds. The van der Waals surface area contributed by atoms with Gasteiger partial charge in [0.1, 0.15) is 0 Å². The van der Waals surface area contributed by atoms with Crippen LogP contribution in [0, 0.1) is 10.4 Å². The third-order valence-corrected chi connectivity index (χ3v) is 4.38. The molecule has 4 nitrogen and oxygen atoms in total. The molecule has 5 rings (SSSR count). The van der Waals surface area contributed by atoms with E-state index in [1.165, 1.54) is 0 Å². The highest BCUT2D eigenvalue weighted by atomic mass is 16.1. The van der Waals surface area contributed by atoms with E-state index in [2.05, 4.69) is 11.1 Å². The highest BCUT2D eigenvalue weighted by molar-refractivity contribution is 6.05. The first kappa shape index (κ1) is 12.3. The molecule has 0 aliphatic carbocycles. The van der Waals surface area contributed by atoms with E-state index in [-0.39, 0.29) is 0 Å². The Kier molecular flexibility index (Phi) is 2.21. The number of carbonyl (C=O) groups is 1. The number of carbonyl (C=O) groups excluding carboxylic acids is 1. The van der Waals surface area contributed by atoms with Crippen LogP contribution in [0.5, 0.6) is 0 Å². The monoisotopic (exact) mass is 297 g/mol. The summed E-state index contributed by atoms with van der Waals surface area (Å²) in [6, 6.07) is 17.5. The Bertz CT molecular complexity index is 1240. The summed E-state index contributed by atoms with van der Waals surface area (Å²) in [4.78, 5) is 21.2. The summed E-state index contributed by atoms with van der Waals surface area (Å²) in [7, 11) is 0. The number of hydrogen-bond donors (Lipinski definition) is 1. The molecule has 108 valence electrons. The minimum Gasteiger partial charge on any atom is -0.366 e.